The summed E-state index contributed by atoms with van der Waals surface area (Å²) in [4.78, 5) is 12.2. The van der Waals surface area contributed by atoms with Gasteiger partial charge >= 0.3 is 0 Å². The first-order valence-corrected chi connectivity index (χ1v) is 6.59. The van der Waals surface area contributed by atoms with Crippen molar-refractivity contribution in [3.8, 4) is 6.07 Å². The molecule has 0 saturated carbocycles. The molecule has 1 saturated heterocycles. The first-order valence-electron chi connectivity index (χ1n) is 6.59. The van der Waals surface area contributed by atoms with Gasteiger partial charge in [-0.2, -0.15) is 5.26 Å². The van der Waals surface area contributed by atoms with E-state index in [1.165, 1.54) is 12.1 Å². The number of non-ortho nitro benzene ring substituents is 1. The minimum Gasteiger partial charge on any atom is -0.381 e. The van der Waals surface area contributed by atoms with E-state index in [9.17, 15) is 10.1 Å². The maximum absolute atomic E-state index is 10.7. The number of nitro groups is 1. The Labute approximate surface area is 117 Å². The number of anilines is 1. The quantitative estimate of drug-likeness (QED) is 0.622. The fourth-order valence-electron chi connectivity index (χ4n) is 2.50. The third kappa shape index (κ3) is 3.25. The van der Waals surface area contributed by atoms with E-state index in [2.05, 4.69) is 0 Å². The second-order valence-corrected chi connectivity index (χ2v) is 5.03. The number of rotatable bonds is 4. The maximum Gasteiger partial charge on any atom is 0.270 e. The number of nitro benzene ring substituents is 1. The molecular weight excluding hydrogens is 258 g/mol. The van der Waals surface area contributed by atoms with Crippen LogP contribution in [-0.4, -0.2) is 31.7 Å². The minimum atomic E-state index is -0.487. The summed E-state index contributed by atoms with van der Waals surface area (Å²) < 4.78 is 5.45. The molecule has 1 aromatic rings. The summed E-state index contributed by atoms with van der Waals surface area (Å²) in [6, 6.07) is 6.43. The van der Waals surface area contributed by atoms with Crippen molar-refractivity contribution in [2.75, 3.05) is 31.7 Å². The van der Waals surface area contributed by atoms with Crippen LogP contribution in [0.25, 0.3) is 0 Å². The second-order valence-electron chi connectivity index (χ2n) is 5.03. The Morgan fingerprint density at radius 1 is 1.60 bits per heavy atom. The van der Waals surface area contributed by atoms with Crippen molar-refractivity contribution in [2.45, 2.75) is 12.8 Å². The molecule has 6 heteroatoms. The first kappa shape index (κ1) is 14.3. The molecule has 1 aromatic carbocycles. The van der Waals surface area contributed by atoms with Crippen molar-refractivity contribution < 1.29 is 9.66 Å². The normalized spacial score (nSPS) is 18.3. The Morgan fingerprint density at radius 3 is 3.00 bits per heavy atom. The van der Waals surface area contributed by atoms with Gasteiger partial charge in [-0.15, -0.1) is 0 Å². The molecule has 0 spiro atoms. The molecule has 1 aliphatic heterocycles. The monoisotopic (exact) mass is 275 g/mol. The van der Waals surface area contributed by atoms with Gasteiger partial charge in [0.25, 0.3) is 5.69 Å². The lowest BCUT2D eigenvalue weighted by molar-refractivity contribution is -0.384. The van der Waals surface area contributed by atoms with E-state index in [4.69, 9.17) is 10.00 Å². The Kier molecular flexibility index (Phi) is 4.53. The van der Waals surface area contributed by atoms with E-state index in [0.29, 0.717) is 11.5 Å². The maximum atomic E-state index is 10.7. The van der Waals surface area contributed by atoms with Gasteiger partial charge in [0.15, 0.2) is 0 Å². The van der Waals surface area contributed by atoms with E-state index in [0.717, 1.165) is 38.3 Å². The highest BCUT2D eigenvalue weighted by molar-refractivity contribution is 5.62. The highest BCUT2D eigenvalue weighted by Gasteiger charge is 2.19. The molecular formula is C14H17N3O3. The van der Waals surface area contributed by atoms with Crippen molar-refractivity contribution in [3.05, 3.63) is 33.9 Å². The molecule has 1 aliphatic rings. The van der Waals surface area contributed by atoms with Crippen LogP contribution in [0.3, 0.4) is 0 Å². The van der Waals surface area contributed by atoms with E-state index in [1.807, 2.05) is 18.0 Å². The van der Waals surface area contributed by atoms with Crippen molar-refractivity contribution in [3.63, 3.8) is 0 Å². The summed E-state index contributed by atoms with van der Waals surface area (Å²) in [5.41, 5.74) is 1.00. The molecule has 0 aromatic heterocycles. The van der Waals surface area contributed by atoms with E-state index in [1.54, 1.807) is 6.07 Å². The van der Waals surface area contributed by atoms with Crippen LogP contribution < -0.4 is 4.90 Å². The first-order chi connectivity index (χ1) is 9.61. The molecule has 20 heavy (non-hydrogen) atoms. The summed E-state index contributed by atoms with van der Waals surface area (Å²) in [6.07, 6.45) is 2.17. The smallest absolute Gasteiger partial charge is 0.270 e. The van der Waals surface area contributed by atoms with Gasteiger partial charge in [0.2, 0.25) is 0 Å². The predicted molar refractivity (Wildman–Crippen MR) is 74.6 cm³/mol. The molecule has 0 aliphatic carbocycles. The molecule has 2 rings (SSSR count). The third-order valence-corrected chi connectivity index (χ3v) is 3.51. The SMILES string of the molecule is CN(CC1CCCOC1)c1ccc([N+](=O)[O-])cc1C#N. The van der Waals surface area contributed by atoms with Gasteiger partial charge in [0, 0.05) is 32.3 Å². The van der Waals surface area contributed by atoms with Crippen LogP contribution in [0.2, 0.25) is 0 Å². The van der Waals surface area contributed by atoms with Crippen LogP contribution >= 0.6 is 0 Å². The van der Waals surface area contributed by atoms with Crippen LogP contribution in [0.4, 0.5) is 11.4 Å². The van der Waals surface area contributed by atoms with Gasteiger partial charge in [0.1, 0.15) is 6.07 Å². The predicted octanol–water partition coefficient (Wildman–Crippen LogP) is 2.33. The van der Waals surface area contributed by atoms with Crippen LogP contribution in [0.1, 0.15) is 18.4 Å². The Bertz CT molecular complexity index is 533. The summed E-state index contributed by atoms with van der Waals surface area (Å²) in [5, 5.41) is 19.9. The zero-order chi connectivity index (χ0) is 14.5. The third-order valence-electron chi connectivity index (χ3n) is 3.51. The topological polar surface area (TPSA) is 79.4 Å². The number of nitrogens with zero attached hydrogens (tertiary/aromatic N) is 3. The van der Waals surface area contributed by atoms with Gasteiger partial charge in [0.05, 0.1) is 22.8 Å². The second kappa shape index (κ2) is 6.35. The van der Waals surface area contributed by atoms with Crippen molar-refractivity contribution in [1.29, 1.82) is 5.26 Å². The van der Waals surface area contributed by atoms with E-state index >= 15 is 0 Å². The van der Waals surface area contributed by atoms with Gasteiger partial charge in [-0.25, -0.2) is 0 Å². The lowest BCUT2D eigenvalue weighted by Crippen LogP contribution is -2.31. The van der Waals surface area contributed by atoms with Crippen molar-refractivity contribution >= 4 is 11.4 Å². The zero-order valence-electron chi connectivity index (χ0n) is 11.4. The number of hydrogen-bond donors (Lipinski definition) is 0. The van der Waals surface area contributed by atoms with Gasteiger partial charge in [-0.05, 0) is 24.8 Å². The molecule has 0 N–H and O–H groups in total. The summed E-state index contributed by atoms with van der Waals surface area (Å²) in [6.45, 7) is 2.34. The molecule has 0 radical (unpaired) electrons. The fraction of sp³-hybridized carbons (Fsp3) is 0.500. The highest BCUT2D eigenvalue weighted by atomic mass is 16.6. The summed E-state index contributed by atoms with van der Waals surface area (Å²) >= 11 is 0. The van der Waals surface area contributed by atoms with E-state index < -0.39 is 4.92 Å². The Hall–Kier alpha value is -2.13. The lowest BCUT2D eigenvalue weighted by Gasteiger charge is -2.28. The van der Waals surface area contributed by atoms with Gasteiger partial charge in [-0.3, -0.25) is 10.1 Å². The van der Waals surface area contributed by atoms with Crippen LogP contribution in [-0.2, 0) is 4.74 Å². The standard InChI is InChI=1S/C14H17N3O3/c1-16(9-11-3-2-6-20-10-11)14-5-4-13(17(18)19)7-12(14)8-15/h4-5,7,11H,2-3,6,9-10H2,1H3. The largest absolute Gasteiger partial charge is 0.381 e. The molecule has 1 heterocycles. The fourth-order valence-corrected chi connectivity index (χ4v) is 2.50. The van der Waals surface area contributed by atoms with E-state index in [-0.39, 0.29) is 5.69 Å². The molecule has 1 atom stereocenters. The summed E-state index contributed by atoms with van der Waals surface area (Å²) in [5.74, 6) is 0.440. The molecule has 6 nitrogen and oxygen atoms in total. The summed E-state index contributed by atoms with van der Waals surface area (Å²) in [7, 11) is 1.90. The molecule has 106 valence electrons. The van der Waals surface area contributed by atoms with Crippen LogP contribution in [0.15, 0.2) is 18.2 Å². The lowest BCUT2D eigenvalue weighted by atomic mass is 10.0. The Morgan fingerprint density at radius 2 is 2.40 bits per heavy atom. The minimum absolute atomic E-state index is 0.0558. The van der Waals surface area contributed by atoms with Crippen molar-refractivity contribution in [1.82, 2.24) is 0 Å². The average molecular weight is 275 g/mol. The number of nitriles is 1. The van der Waals surface area contributed by atoms with Crippen molar-refractivity contribution in [2.24, 2.45) is 5.92 Å². The molecule has 0 bridgehead atoms. The van der Waals surface area contributed by atoms with Crippen LogP contribution in [0, 0.1) is 27.4 Å². The highest BCUT2D eigenvalue weighted by Crippen LogP contribution is 2.26. The Balaban J connectivity index is 2.14. The van der Waals surface area contributed by atoms with Crippen LogP contribution in [0.5, 0.6) is 0 Å². The van der Waals surface area contributed by atoms with Gasteiger partial charge < -0.3 is 9.64 Å². The number of hydrogen-bond acceptors (Lipinski definition) is 5. The van der Waals surface area contributed by atoms with Gasteiger partial charge in [-0.1, -0.05) is 0 Å². The average Bonchev–Trinajstić information content (AvgIpc) is 2.47. The number of benzene rings is 1. The molecule has 1 unspecified atom stereocenters. The molecule has 1 fully saturated rings. The molecule has 0 amide bonds. The number of ether oxygens (including phenoxy) is 1. The zero-order valence-corrected chi connectivity index (χ0v) is 11.4.